The van der Waals surface area contributed by atoms with E-state index in [4.69, 9.17) is 9.47 Å². The fourth-order valence-electron chi connectivity index (χ4n) is 1.63. The van der Waals surface area contributed by atoms with Gasteiger partial charge in [-0.2, -0.15) is 0 Å². The molecule has 0 radical (unpaired) electrons. The Bertz CT molecular complexity index is 461. The summed E-state index contributed by atoms with van der Waals surface area (Å²) in [6, 6.07) is 2.89. The van der Waals surface area contributed by atoms with Gasteiger partial charge in [0.25, 0.3) is 5.91 Å². The van der Waals surface area contributed by atoms with Crippen LogP contribution in [0.2, 0.25) is 0 Å². The molecule has 1 aromatic carbocycles. The summed E-state index contributed by atoms with van der Waals surface area (Å²) < 4.78 is 24.0. The summed E-state index contributed by atoms with van der Waals surface area (Å²) in [6.07, 6.45) is -0.609. The maximum atomic E-state index is 13.2. The molecule has 1 N–H and O–H groups in total. The number of halogens is 2. The summed E-state index contributed by atoms with van der Waals surface area (Å²) in [5.41, 5.74) is 1.21. The van der Waals surface area contributed by atoms with Gasteiger partial charge in [0.1, 0.15) is 5.82 Å². The molecule has 1 heterocycles. The van der Waals surface area contributed by atoms with Crippen LogP contribution >= 0.6 is 15.9 Å². The Labute approximate surface area is 113 Å². The first-order chi connectivity index (χ1) is 8.58. The van der Waals surface area contributed by atoms with E-state index in [1.807, 2.05) is 0 Å². The van der Waals surface area contributed by atoms with Crippen molar-refractivity contribution in [2.75, 3.05) is 25.1 Å². The molecule has 4 nitrogen and oxygen atoms in total. The van der Waals surface area contributed by atoms with Crippen molar-refractivity contribution in [1.29, 1.82) is 0 Å². The van der Waals surface area contributed by atoms with Crippen LogP contribution in [0.25, 0.3) is 0 Å². The number of carbonyl (C=O) groups excluding carboxylic acids is 1. The number of nitrogens with one attached hydrogen (secondary N) is 1. The van der Waals surface area contributed by atoms with E-state index in [0.717, 1.165) is 0 Å². The van der Waals surface area contributed by atoms with Gasteiger partial charge in [0.05, 0.1) is 24.3 Å². The number of hydrogen-bond donors (Lipinski definition) is 1. The summed E-state index contributed by atoms with van der Waals surface area (Å²) in [5.74, 6) is -0.640. The molecule has 18 heavy (non-hydrogen) atoms. The normalized spacial score (nSPS) is 19.6. The highest BCUT2D eigenvalue weighted by molar-refractivity contribution is 9.10. The zero-order valence-corrected chi connectivity index (χ0v) is 11.4. The number of amides is 1. The number of rotatable bonds is 2. The Morgan fingerprint density at radius 2 is 2.28 bits per heavy atom. The average Bonchev–Trinajstić information content (AvgIpc) is 2.37. The third-order valence-corrected chi connectivity index (χ3v) is 3.24. The zero-order valence-electron chi connectivity index (χ0n) is 9.83. The van der Waals surface area contributed by atoms with E-state index >= 15 is 0 Å². The van der Waals surface area contributed by atoms with Crippen LogP contribution < -0.4 is 5.32 Å². The van der Waals surface area contributed by atoms with Crippen molar-refractivity contribution in [3.8, 4) is 0 Å². The molecule has 98 valence electrons. The smallest absolute Gasteiger partial charge is 0.255 e. The molecule has 1 aliphatic rings. The van der Waals surface area contributed by atoms with Gasteiger partial charge >= 0.3 is 0 Å². The number of ether oxygens (including phenoxy) is 2. The van der Waals surface area contributed by atoms with E-state index in [1.54, 1.807) is 6.92 Å². The molecule has 0 saturated carbocycles. The van der Waals surface area contributed by atoms with Gasteiger partial charge in [0.2, 0.25) is 0 Å². The number of anilines is 1. The van der Waals surface area contributed by atoms with Crippen molar-refractivity contribution in [2.24, 2.45) is 0 Å². The fraction of sp³-hybridized carbons (Fsp3) is 0.417. The lowest BCUT2D eigenvalue weighted by molar-refractivity contribution is -0.142. The van der Waals surface area contributed by atoms with Crippen LogP contribution in [-0.2, 0) is 14.3 Å². The quantitative estimate of drug-likeness (QED) is 0.910. The van der Waals surface area contributed by atoms with Crippen LogP contribution in [0.15, 0.2) is 16.6 Å². The second-order valence-corrected chi connectivity index (χ2v) is 4.86. The number of hydrogen-bond acceptors (Lipinski definition) is 3. The van der Waals surface area contributed by atoms with Gasteiger partial charge in [-0.25, -0.2) is 4.39 Å². The second-order valence-electron chi connectivity index (χ2n) is 4.00. The Balaban J connectivity index is 2.08. The van der Waals surface area contributed by atoms with Crippen LogP contribution in [0.5, 0.6) is 0 Å². The molecule has 1 atom stereocenters. The predicted octanol–water partition coefficient (Wildman–Crippen LogP) is 2.25. The van der Waals surface area contributed by atoms with Crippen molar-refractivity contribution >= 4 is 27.5 Å². The molecule has 1 fully saturated rings. The summed E-state index contributed by atoms with van der Waals surface area (Å²) >= 11 is 3.08. The summed E-state index contributed by atoms with van der Waals surface area (Å²) in [5, 5.41) is 2.71. The largest absolute Gasteiger partial charge is 0.376 e. The Hall–Kier alpha value is -0.980. The highest BCUT2D eigenvalue weighted by Gasteiger charge is 2.23. The van der Waals surface area contributed by atoms with Crippen LogP contribution in [0, 0.1) is 12.7 Å². The molecular weight excluding hydrogens is 305 g/mol. The number of benzene rings is 1. The first-order valence-electron chi connectivity index (χ1n) is 5.54. The average molecular weight is 318 g/mol. The van der Waals surface area contributed by atoms with Gasteiger partial charge < -0.3 is 14.8 Å². The van der Waals surface area contributed by atoms with Gasteiger partial charge in [-0.3, -0.25) is 4.79 Å². The SMILES string of the molecule is Cc1cc(F)c(Br)cc1NC(=O)[C@@H]1COCCO1. The molecule has 0 bridgehead atoms. The van der Waals surface area contributed by atoms with Crippen LogP contribution in [0.4, 0.5) is 10.1 Å². The molecule has 1 amide bonds. The van der Waals surface area contributed by atoms with Crippen LogP contribution in [-0.4, -0.2) is 31.8 Å². The van der Waals surface area contributed by atoms with Crippen molar-refractivity contribution in [3.05, 3.63) is 28.0 Å². The van der Waals surface area contributed by atoms with E-state index in [2.05, 4.69) is 21.2 Å². The molecule has 0 spiro atoms. The van der Waals surface area contributed by atoms with Crippen molar-refractivity contribution in [1.82, 2.24) is 0 Å². The van der Waals surface area contributed by atoms with E-state index < -0.39 is 6.10 Å². The third-order valence-electron chi connectivity index (χ3n) is 2.63. The van der Waals surface area contributed by atoms with E-state index in [9.17, 15) is 9.18 Å². The monoisotopic (exact) mass is 317 g/mol. The first-order valence-corrected chi connectivity index (χ1v) is 6.33. The standard InChI is InChI=1S/C12H13BrFNO3/c1-7-4-9(14)8(13)5-10(7)15-12(16)11-6-17-2-3-18-11/h4-5,11H,2-3,6H2,1H3,(H,15,16)/t11-/m0/s1. The third kappa shape index (κ3) is 3.07. The van der Waals surface area contributed by atoms with Crippen LogP contribution in [0.3, 0.4) is 0 Å². The van der Waals surface area contributed by atoms with Gasteiger partial charge in [-0.15, -0.1) is 0 Å². The topological polar surface area (TPSA) is 47.6 Å². The molecule has 2 rings (SSSR count). The van der Waals surface area contributed by atoms with Gasteiger partial charge in [-0.05, 0) is 40.5 Å². The number of carbonyl (C=O) groups is 1. The first kappa shape index (κ1) is 13.5. The van der Waals surface area contributed by atoms with Crippen molar-refractivity contribution in [2.45, 2.75) is 13.0 Å². The summed E-state index contributed by atoms with van der Waals surface area (Å²) in [7, 11) is 0. The highest BCUT2D eigenvalue weighted by atomic mass is 79.9. The lowest BCUT2D eigenvalue weighted by Crippen LogP contribution is -2.39. The van der Waals surface area contributed by atoms with Crippen molar-refractivity contribution < 1.29 is 18.7 Å². The van der Waals surface area contributed by atoms with Gasteiger partial charge in [-0.1, -0.05) is 0 Å². The Morgan fingerprint density at radius 3 is 2.94 bits per heavy atom. The lowest BCUT2D eigenvalue weighted by Gasteiger charge is -2.22. The molecule has 0 aromatic heterocycles. The van der Waals surface area contributed by atoms with Gasteiger partial charge in [0, 0.05) is 5.69 Å². The maximum absolute atomic E-state index is 13.2. The second kappa shape index (κ2) is 5.77. The van der Waals surface area contributed by atoms with Gasteiger partial charge in [0.15, 0.2) is 6.10 Å². The molecule has 1 aromatic rings. The fourth-order valence-corrected chi connectivity index (χ4v) is 1.98. The molecule has 0 aliphatic carbocycles. The highest BCUT2D eigenvalue weighted by Crippen LogP contribution is 2.24. The molecule has 0 unspecified atom stereocenters. The predicted molar refractivity (Wildman–Crippen MR) is 68.0 cm³/mol. The minimum absolute atomic E-state index is 0.243. The summed E-state index contributed by atoms with van der Waals surface area (Å²) in [6.45, 7) is 2.88. The minimum Gasteiger partial charge on any atom is -0.376 e. The van der Waals surface area contributed by atoms with E-state index in [-0.39, 0.29) is 18.3 Å². The lowest BCUT2D eigenvalue weighted by atomic mass is 10.2. The zero-order chi connectivity index (χ0) is 13.1. The van der Waals surface area contributed by atoms with Crippen LogP contribution in [0.1, 0.15) is 5.56 Å². The summed E-state index contributed by atoms with van der Waals surface area (Å²) in [4.78, 5) is 11.9. The van der Waals surface area contributed by atoms with Crippen molar-refractivity contribution in [3.63, 3.8) is 0 Å². The molecule has 1 saturated heterocycles. The molecule has 1 aliphatic heterocycles. The maximum Gasteiger partial charge on any atom is 0.255 e. The number of aryl methyl sites for hydroxylation is 1. The minimum atomic E-state index is -0.609. The Morgan fingerprint density at radius 1 is 1.50 bits per heavy atom. The van der Waals surface area contributed by atoms with E-state index in [0.29, 0.717) is 28.9 Å². The molecular formula is C12H13BrFNO3. The van der Waals surface area contributed by atoms with E-state index in [1.165, 1.54) is 12.1 Å². The Kier molecular flexibility index (Phi) is 4.31. The molecule has 6 heteroatoms.